The fraction of sp³-hybridized carbons (Fsp3) is 0.850. The molecule has 0 radical (unpaired) electrons. The van der Waals surface area contributed by atoms with E-state index < -0.39 is 0 Å². The highest BCUT2D eigenvalue weighted by Gasteiger charge is 2.42. The molecular weight excluding hydrogens is 334 g/mol. The molecule has 0 aromatic heterocycles. The van der Waals surface area contributed by atoms with Crippen molar-refractivity contribution in [2.75, 3.05) is 6.54 Å². The number of ketones is 1. The monoisotopic (exact) mass is 367 g/mol. The lowest BCUT2D eigenvalue weighted by Crippen LogP contribution is -2.37. The summed E-state index contributed by atoms with van der Waals surface area (Å²) in [6.45, 7) is 10.9. The number of amides is 2. The third-order valence-corrected chi connectivity index (χ3v) is 6.41. The van der Waals surface area contributed by atoms with Crippen molar-refractivity contribution in [1.82, 2.24) is 4.90 Å². The van der Waals surface area contributed by atoms with Gasteiger partial charge in [0.2, 0.25) is 11.8 Å². The summed E-state index contributed by atoms with van der Waals surface area (Å²) in [5.74, 6) is 1.32. The highest BCUT2D eigenvalue weighted by Crippen LogP contribution is 2.36. The van der Waals surface area contributed by atoms with E-state index in [9.17, 15) is 14.4 Å². The van der Waals surface area contributed by atoms with Crippen molar-refractivity contribution in [3.8, 4) is 0 Å². The molecule has 0 aromatic carbocycles. The third kappa shape index (κ3) is 5.83. The van der Waals surface area contributed by atoms with Gasteiger partial charge in [-0.2, -0.15) is 0 Å². The van der Waals surface area contributed by atoms with Gasteiger partial charge in [0.05, 0.1) is 5.25 Å². The molecule has 1 heterocycles. The molecule has 5 heteroatoms. The predicted octanol–water partition coefficient (Wildman–Crippen LogP) is 4.07. The maximum atomic E-state index is 12.6. The number of hydrogen-bond acceptors (Lipinski definition) is 4. The molecule has 0 bridgehead atoms. The van der Waals surface area contributed by atoms with Crippen LogP contribution in [0.15, 0.2) is 0 Å². The Kier molecular flexibility index (Phi) is 6.74. The largest absolute Gasteiger partial charge is 0.299 e. The molecule has 1 unspecified atom stereocenters. The first-order chi connectivity index (χ1) is 11.6. The van der Waals surface area contributed by atoms with Crippen LogP contribution in [-0.4, -0.2) is 39.0 Å². The van der Waals surface area contributed by atoms with Gasteiger partial charge in [-0.3, -0.25) is 19.3 Å². The minimum Gasteiger partial charge on any atom is -0.299 e. The van der Waals surface area contributed by atoms with Crippen LogP contribution in [0.2, 0.25) is 0 Å². The molecular formula is C20H33NO3S. The zero-order valence-electron chi connectivity index (χ0n) is 16.3. The second-order valence-electron chi connectivity index (χ2n) is 9.05. The van der Waals surface area contributed by atoms with Gasteiger partial charge in [0.15, 0.2) is 0 Å². The lowest BCUT2D eigenvalue weighted by Gasteiger charge is -2.30. The molecule has 25 heavy (non-hydrogen) atoms. The van der Waals surface area contributed by atoms with Crippen LogP contribution in [-0.2, 0) is 14.4 Å². The Morgan fingerprint density at radius 2 is 1.76 bits per heavy atom. The molecule has 1 aliphatic heterocycles. The number of hydrogen-bond donors (Lipinski definition) is 0. The molecule has 4 nitrogen and oxygen atoms in total. The Morgan fingerprint density at radius 3 is 2.28 bits per heavy atom. The molecule has 1 aliphatic carbocycles. The summed E-state index contributed by atoms with van der Waals surface area (Å²) in [5, 5.41) is -0.226. The van der Waals surface area contributed by atoms with E-state index in [0.717, 1.165) is 25.7 Å². The van der Waals surface area contributed by atoms with Crippen molar-refractivity contribution in [2.24, 2.45) is 17.8 Å². The molecule has 0 spiro atoms. The number of thioether (sulfide) groups is 1. The fourth-order valence-electron chi connectivity index (χ4n) is 3.86. The zero-order chi connectivity index (χ0) is 18.8. The number of carbonyl (C=O) groups is 3. The smallest absolute Gasteiger partial charge is 0.242 e. The van der Waals surface area contributed by atoms with Gasteiger partial charge in [-0.05, 0) is 37.5 Å². The molecule has 0 aromatic rings. The van der Waals surface area contributed by atoms with E-state index in [4.69, 9.17) is 0 Å². The molecule has 2 amide bonds. The maximum Gasteiger partial charge on any atom is 0.242 e. The van der Waals surface area contributed by atoms with Gasteiger partial charge in [-0.25, -0.2) is 0 Å². The van der Waals surface area contributed by atoms with Gasteiger partial charge in [0, 0.05) is 30.1 Å². The highest BCUT2D eigenvalue weighted by molar-refractivity contribution is 8.01. The van der Waals surface area contributed by atoms with Crippen LogP contribution >= 0.6 is 11.8 Å². The number of rotatable bonds is 6. The van der Waals surface area contributed by atoms with E-state index >= 15 is 0 Å². The van der Waals surface area contributed by atoms with Crippen molar-refractivity contribution in [2.45, 2.75) is 83.1 Å². The normalized spacial score (nSPS) is 28.1. The van der Waals surface area contributed by atoms with E-state index in [1.54, 1.807) is 11.8 Å². The van der Waals surface area contributed by atoms with E-state index in [1.807, 2.05) is 0 Å². The minimum absolute atomic E-state index is 0.0112. The van der Waals surface area contributed by atoms with E-state index in [1.165, 1.54) is 4.90 Å². The average Bonchev–Trinajstić information content (AvgIpc) is 2.73. The van der Waals surface area contributed by atoms with Crippen molar-refractivity contribution in [1.29, 1.82) is 0 Å². The van der Waals surface area contributed by atoms with E-state index in [0.29, 0.717) is 37.0 Å². The molecule has 2 fully saturated rings. The Balaban J connectivity index is 1.84. The van der Waals surface area contributed by atoms with Crippen molar-refractivity contribution < 1.29 is 14.4 Å². The molecule has 1 saturated heterocycles. The van der Waals surface area contributed by atoms with Crippen LogP contribution in [0.25, 0.3) is 0 Å². The SMILES string of the molecule is CC(C)CC(=O)C1CCC(CN2C(=O)CC(SC(C)(C)C)C2=O)CC1. The quantitative estimate of drug-likeness (QED) is 0.664. The number of imide groups is 1. The van der Waals surface area contributed by atoms with Crippen LogP contribution in [0.4, 0.5) is 0 Å². The van der Waals surface area contributed by atoms with Gasteiger partial charge in [0.25, 0.3) is 0 Å². The minimum atomic E-state index is -0.226. The van der Waals surface area contributed by atoms with Crippen LogP contribution in [0.3, 0.4) is 0 Å². The van der Waals surface area contributed by atoms with Crippen molar-refractivity contribution >= 4 is 29.4 Å². The predicted molar refractivity (Wildman–Crippen MR) is 102 cm³/mol. The summed E-state index contributed by atoms with van der Waals surface area (Å²) in [4.78, 5) is 38.6. The molecule has 142 valence electrons. The summed E-state index contributed by atoms with van der Waals surface area (Å²) in [6.07, 6.45) is 4.72. The zero-order valence-corrected chi connectivity index (χ0v) is 17.2. The standard InChI is InChI=1S/C20H33NO3S/c1-13(2)10-16(22)15-8-6-14(7-9-15)12-21-18(23)11-17(19(21)24)25-20(3,4)5/h13-15,17H,6-12H2,1-5H3. The average molecular weight is 368 g/mol. The van der Waals surface area contributed by atoms with Crippen molar-refractivity contribution in [3.63, 3.8) is 0 Å². The highest BCUT2D eigenvalue weighted by atomic mass is 32.2. The van der Waals surface area contributed by atoms with Gasteiger partial charge in [0.1, 0.15) is 5.78 Å². The summed E-state index contributed by atoms with van der Waals surface area (Å²) < 4.78 is -0.0224. The maximum absolute atomic E-state index is 12.6. The second-order valence-corrected chi connectivity index (χ2v) is 11.1. The molecule has 2 rings (SSSR count). The third-order valence-electron chi connectivity index (χ3n) is 5.05. The van der Waals surface area contributed by atoms with Crippen LogP contribution in [0.1, 0.15) is 73.1 Å². The number of nitrogens with zero attached hydrogens (tertiary/aromatic N) is 1. The van der Waals surface area contributed by atoms with Gasteiger partial charge < -0.3 is 0 Å². The summed E-state index contributed by atoms with van der Waals surface area (Å²) in [5.41, 5.74) is 0. The Labute approximate surface area is 156 Å². The lowest BCUT2D eigenvalue weighted by atomic mass is 9.78. The molecule has 1 atom stereocenters. The molecule has 1 saturated carbocycles. The Hall–Kier alpha value is -0.840. The first-order valence-corrected chi connectivity index (χ1v) is 10.5. The number of Topliss-reactive ketones (excluding diaryl/α,β-unsaturated/α-hetero) is 1. The molecule has 0 N–H and O–H groups in total. The van der Waals surface area contributed by atoms with Gasteiger partial charge in [-0.15, -0.1) is 11.8 Å². The summed E-state index contributed by atoms with van der Waals surface area (Å²) >= 11 is 1.60. The molecule has 2 aliphatic rings. The van der Waals surface area contributed by atoms with E-state index in [-0.39, 0.29) is 27.7 Å². The summed E-state index contributed by atoms with van der Waals surface area (Å²) in [7, 11) is 0. The van der Waals surface area contributed by atoms with Crippen LogP contribution in [0.5, 0.6) is 0 Å². The fourth-order valence-corrected chi connectivity index (χ4v) is 5.17. The first-order valence-electron chi connectivity index (χ1n) is 9.61. The topological polar surface area (TPSA) is 54.5 Å². The second kappa shape index (κ2) is 8.24. The lowest BCUT2D eigenvalue weighted by molar-refractivity contribution is -0.139. The number of likely N-dealkylation sites (tertiary alicyclic amines) is 1. The number of carbonyl (C=O) groups excluding carboxylic acids is 3. The Morgan fingerprint density at radius 1 is 1.16 bits per heavy atom. The van der Waals surface area contributed by atoms with Crippen LogP contribution < -0.4 is 0 Å². The Bertz CT molecular complexity index is 516. The first kappa shape index (κ1) is 20.5. The van der Waals surface area contributed by atoms with Crippen molar-refractivity contribution in [3.05, 3.63) is 0 Å². The van der Waals surface area contributed by atoms with Crippen LogP contribution in [0, 0.1) is 17.8 Å². The van der Waals surface area contributed by atoms with Gasteiger partial charge >= 0.3 is 0 Å². The van der Waals surface area contributed by atoms with E-state index in [2.05, 4.69) is 34.6 Å². The summed E-state index contributed by atoms with van der Waals surface area (Å²) in [6, 6.07) is 0. The van der Waals surface area contributed by atoms with Gasteiger partial charge in [-0.1, -0.05) is 34.6 Å².